The number of ether oxygens (including phenoxy) is 1. The van der Waals surface area contributed by atoms with Crippen molar-refractivity contribution in [2.45, 2.75) is 45.5 Å². The second-order valence-electron chi connectivity index (χ2n) is 8.85. The Labute approximate surface area is 220 Å². The number of carboxylic acids is 1. The lowest BCUT2D eigenvalue weighted by molar-refractivity contribution is -0.192. The Kier molecular flexibility index (Phi) is 13.0. The fraction of sp³-hybridized carbons (Fsp3) is 0.370. The minimum atomic E-state index is -5.08. The number of alkyl halides is 3. The van der Waals surface area contributed by atoms with Crippen LogP contribution in [0.4, 0.5) is 18.9 Å². The van der Waals surface area contributed by atoms with Crippen molar-refractivity contribution in [3.05, 3.63) is 72.3 Å². The lowest BCUT2D eigenvalue weighted by atomic mass is 9.92. The van der Waals surface area contributed by atoms with Crippen LogP contribution < -0.4 is 21.1 Å². The number of amides is 2. The number of carboxylic acid groups (broad SMARTS) is 1. The molecule has 0 saturated carbocycles. The second-order valence-corrected chi connectivity index (χ2v) is 8.85. The molecule has 0 spiro atoms. The number of hydrogen-bond acceptors (Lipinski definition) is 5. The van der Waals surface area contributed by atoms with E-state index in [0.29, 0.717) is 11.4 Å². The van der Waals surface area contributed by atoms with Gasteiger partial charge in [-0.25, -0.2) is 4.79 Å². The quantitative estimate of drug-likeness (QED) is 0.337. The molecule has 38 heavy (non-hydrogen) atoms. The van der Waals surface area contributed by atoms with Crippen LogP contribution in [0.25, 0.3) is 0 Å². The molecule has 0 aromatic heterocycles. The zero-order valence-corrected chi connectivity index (χ0v) is 21.7. The van der Waals surface area contributed by atoms with E-state index >= 15 is 0 Å². The summed E-state index contributed by atoms with van der Waals surface area (Å²) in [5.74, 6) is -2.45. The van der Waals surface area contributed by atoms with Crippen molar-refractivity contribution in [2.75, 3.05) is 12.4 Å². The molecule has 208 valence electrons. The number of benzene rings is 2. The molecule has 2 amide bonds. The van der Waals surface area contributed by atoms with Crippen molar-refractivity contribution in [1.82, 2.24) is 5.32 Å². The number of nitrogens with one attached hydrogen (secondary N) is 2. The zero-order valence-electron chi connectivity index (χ0n) is 21.7. The fourth-order valence-corrected chi connectivity index (χ4v) is 3.11. The molecule has 0 radical (unpaired) electrons. The number of rotatable bonds is 10. The normalized spacial score (nSPS) is 13.6. The number of hydrogen-bond donors (Lipinski definition) is 4. The van der Waals surface area contributed by atoms with Gasteiger partial charge in [0.1, 0.15) is 5.75 Å². The molecule has 11 heteroatoms. The Hall–Kier alpha value is -3.86. The number of methoxy groups -OCH3 is 1. The maximum absolute atomic E-state index is 12.6. The summed E-state index contributed by atoms with van der Waals surface area (Å²) in [6.07, 6.45) is -1.14. The molecular formula is C27H34F3N3O5. The lowest BCUT2D eigenvalue weighted by Gasteiger charge is -2.25. The van der Waals surface area contributed by atoms with E-state index in [9.17, 15) is 22.8 Å². The first-order valence-corrected chi connectivity index (χ1v) is 11.8. The molecule has 2 aromatic carbocycles. The second kappa shape index (κ2) is 15.4. The van der Waals surface area contributed by atoms with Crippen molar-refractivity contribution in [2.24, 2.45) is 17.6 Å². The van der Waals surface area contributed by atoms with Crippen LogP contribution >= 0.6 is 0 Å². The number of nitrogens with two attached hydrogens (primary N) is 1. The molecule has 0 aliphatic heterocycles. The van der Waals surface area contributed by atoms with Gasteiger partial charge in [0.15, 0.2) is 0 Å². The van der Waals surface area contributed by atoms with Crippen molar-refractivity contribution in [3.8, 4) is 5.75 Å². The van der Waals surface area contributed by atoms with Gasteiger partial charge in [0.2, 0.25) is 11.8 Å². The molecular weight excluding hydrogens is 503 g/mol. The first-order valence-electron chi connectivity index (χ1n) is 11.8. The zero-order chi connectivity index (χ0) is 28.9. The molecule has 0 fully saturated rings. The van der Waals surface area contributed by atoms with Gasteiger partial charge in [-0.15, -0.1) is 0 Å². The Morgan fingerprint density at radius 3 is 2.05 bits per heavy atom. The van der Waals surface area contributed by atoms with Gasteiger partial charge in [0.05, 0.1) is 19.2 Å². The Morgan fingerprint density at radius 1 is 1.03 bits per heavy atom. The van der Waals surface area contributed by atoms with E-state index < -0.39 is 18.2 Å². The topological polar surface area (TPSA) is 131 Å². The summed E-state index contributed by atoms with van der Waals surface area (Å²) in [6.45, 7) is 5.86. The average molecular weight is 538 g/mol. The van der Waals surface area contributed by atoms with E-state index in [4.69, 9.17) is 20.4 Å². The number of carbonyl (C=O) groups is 3. The van der Waals surface area contributed by atoms with Gasteiger partial charge in [-0.1, -0.05) is 57.2 Å². The van der Waals surface area contributed by atoms with Crippen LogP contribution in [-0.2, 0) is 20.8 Å². The van der Waals surface area contributed by atoms with Crippen molar-refractivity contribution in [1.29, 1.82) is 0 Å². The maximum Gasteiger partial charge on any atom is 0.490 e. The van der Waals surface area contributed by atoms with E-state index in [0.717, 1.165) is 6.42 Å². The monoisotopic (exact) mass is 537 g/mol. The van der Waals surface area contributed by atoms with Crippen molar-refractivity contribution < 1.29 is 37.4 Å². The van der Waals surface area contributed by atoms with Crippen LogP contribution in [0.5, 0.6) is 5.75 Å². The predicted molar refractivity (Wildman–Crippen MR) is 139 cm³/mol. The van der Waals surface area contributed by atoms with E-state index in [-0.39, 0.29) is 29.7 Å². The molecule has 5 N–H and O–H groups in total. The van der Waals surface area contributed by atoms with Gasteiger partial charge >= 0.3 is 12.1 Å². The first kappa shape index (κ1) is 32.2. The maximum atomic E-state index is 12.6. The summed E-state index contributed by atoms with van der Waals surface area (Å²) < 4.78 is 36.9. The first-order chi connectivity index (χ1) is 17.7. The number of anilines is 1. The van der Waals surface area contributed by atoms with Crippen LogP contribution in [-0.4, -0.2) is 48.3 Å². The molecule has 8 nitrogen and oxygen atoms in total. The molecule has 0 aliphatic carbocycles. The van der Waals surface area contributed by atoms with Crippen molar-refractivity contribution >= 4 is 23.5 Å². The third-order valence-corrected chi connectivity index (χ3v) is 5.40. The van der Waals surface area contributed by atoms with Gasteiger partial charge in [-0.3, -0.25) is 9.59 Å². The van der Waals surface area contributed by atoms with Crippen LogP contribution in [0.1, 0.15) is 26.3 Å². The summed E-state index contributed by atoms with van der Waals surface area (Å²) in [7, 11) is 1.59. The summed E-state index contributed by atoms with van der Waals surface area (Å²) in [6, 6.07) is 16.2. The molecule has 2 rings (SSSR count). The van der Waals surface area contributed by atoms with Crippen LogP contribution in [0.15, 0.2) is 66.7 Å². The molecule has 2 unspecified atom stereocenters. The standard InChI is InChI=1S/C25H33N3O3.C2HF3O2/c1-17(2)24(26)25(30)28-22(18(3)16-19-8-6-5-7-9-19)14-15-23(29)27-20-10-12-21(31-4)13-11-20;3-2(4,5)1(6)7/h5-15,17-18,22,24H,16,26H2,1-4H3,(H,27,29)(H,28,30);(H,6,7)/b15-14+;/t18?,22-,24?;/m1./s1. The van der Waals surface area contributed by atoms with Gasteiger partial charge in [0, 0.05) is 11.8 Å². The summed E-state index contributed by atoms with van der Waals surface area (Å²) in [4.78, 5) is 33.9. The molecule has 0 aliphatic rings. The lowest BCUT2D eigenvalue weighted by Crippen LogP contribution is -2.49. The van der Waals surface area contributed by atoms with Gasteiger partial charge in [-0.2, -0.15) is 13.2 Å². The molecule has 0 bridgehead atoms. The van der Waals surface area contributed by atoms with Crippen LogP contribution in [0.3, 0.4) is 0 Å². The van der Waals surface area contributed by atoms with Gasteiger partial charge < -0.3 is 26.2 Å². The average Bonchev–Trinajstić information content (AvgIpc) is 2.86. The van der Waals surface area contributed by atoms with E-state index in [1.807, 2.05) is 39.0 Å². The third kappa shape index (κ3) is 11.9. The van der Waals surface area contributed by atoms with Crippen LogP contribution in [0.2, 0.25) is 0 Å². The summed E-state index contributed by atoms with van der Waals surface area (Å²) in [5.41, 5.74) is 7.84. The van der Waals surface area contributed by atoms with Gasteiger partial charge in [0.25, 0.3) is 0 Å². The van der Waals surface area contributed by atoms with Gasteiger partial charge in [-0.05, 0) is 48.1 Å². The molecule has 0 saturated heterocycles. The Morgan fingerprint density at radius 2 is 1.58 bits per heavy atom. The SMILES string of the molecule is COc1ccc(NC(=O)/C=C/[C@@H](NC(=O)C(N)C(C)C)C(C)Cc2ccccc2)cc1.O=C(O)C(F)(F)F. The smallest absolute Gasteiger partial charge is 0.490 e. The highest BCUT2D eigenvalue weighted by Gasteiger charge is 2.38. The molecule has 3 atom stereocenters. The minimum absolute atomic E-state index is 0.0208. The highest BCUT2D eigenvalue weighted by atomic mass is 19.4. The van der Waals surface area contributed by atoms with Crippen molar-refractivity contribution in [3.63, 3.8) is 0 Å². The fourth-order valence-electron chi connectivity index (χ4n) is 3.11. The number of halogens is 3. The highest BCUT2D eigenvalue weighted by Crippen LogP contribution is 2.16. The number of aliphatic carboxylic acids is 1. The minimum Gasteiger partial charge on any atom is -0.497 e. The van der Waals surface area contributed by atoms with Crippen LogP contribution in [0, 0.1) is 11.8 Å². The third-order valence-electron chi connectivity index (χ3n) is 5.40. The number of carbonyl (C=O) groups excluding carboxylic acids is 2. The Bertz CT molecular complexity index is 1060. The van der Waals surface area contributed by atoms with E-state index in [2.05, 4.69) is 22.8 Å². The molecule has 0 heterocycles. The van der Waals surface area contributed by atoms with E-state index in [1.165, 1.54) is 11.6 Å². The van der Waals surface area contributed by atoms with E-state index in [1.54, 1.807) is 37.5 Å². The highest BCUT2D eigenvalue weighted by molar-refractivity contribution is 5.99. The Balaban J connectivity index is 0.000000905. The summed E-state index contributed by atoms with van der Waals surface area (Å²) in [5, 5.41) is 12.9. The summed E-state index contributed by atoms with van der Waals surface area (Å²) >= 11 is 0. The largest absolute Gasteiger partial charge is 0.497 e. The molecule has 2 aromatic rings. The predicted octanol–water partition coefficient (Wildman–Crippen LogP) is 4.17.